The molecule has 116 valence electrons. The molecule has 0 spiro atoms. The van der Waals surface area contributed by atoms with Gasteiger partial charge in [-0.25, -0.2) is 4.79 Å². The summed E-state index contributed by atoms with van der Waals surface area (Å²) in [5.74, 6) is 0.251. The highest BCUT2D eigenvalue weighted by Gasteiger charge is 2.23. The first kappa shape index (κ1) is 15.0. The van der Waals surface area contributed by atoms with Gasteiger partial charge in [0.2, 0.25) is 0 Å². The molecule has 0 saturated heterocycles. The topological polar surface area (TPSA) is 50.4 Å². The van der Waals surface area contributed by atoms with Crippen LogP contribution in [0.1, 0.15) is 36.8 Å². The standard InChI is InChI=1S/C17H20N2O2S/c1-11-15(10-18-17(22)19-11)16(20)21-9-8-13-7-6-12-4-2-3-5-14(12)13/h2-5,13H,6-10H2,1H3,(H2,18,19,22). The molecule has 1 heterocycles. The van der Waals surface area contributed by atoms with Gasteiger partial charge in [-0.2, -0.15) is 0 Å². The highest BCUT2D eigenvalue weighted by atomic mass is 32.1. The average molecular weight is 316 g/mol. The summed E-state index contributed by atoms with van der Waals surface area (Å²) in [4.78, 5) is 12.1. The molecule has 0 amide bonds. The number of esters is 1. The molecule has 22 heavy (non-hydrogen) atoms. The third-order valence-corrected chi connectivity index (χ3v) is 4.63. The summed E-state index contributed by atoms with van der Waals surface area (Å²) in [6.45, 7) is 2.73. The number of carbonyl (C=O) groups is 1. The molecule has 2 aliphatic rings. The monoisotopic (exact) mass is 316 g/mol. The van der Waals surface area contributed by atoms with E-state index in [9.17, 15) is 4.79 Å². The molecular weight excluding hydrogens is 296 g/mol. The Kier molecular flexibility index (Phi) is 4.43. The molecule has 1 aliphatic carbocycles. The van der Waals surface area contributed by atoms with Gasteiger partial charge >= 0.3 is 5.97 Å². The van der Waals surface area contributed by atoms with Gasteiger partial charge in [0, 0.05) is 5.70 Å². The third kappa shape index (κ3) is 3.14. The second-order valence-corrected chi connectivity index (χ2v) is 6.18. The maximum Gasteiger partial charge on any atom is 0.337 e. The Hall–Kier alpha value is -1.88. The van der Waals surface area contributed by atoms with E-state index in [1.165, 1.54) is 11.1 Å². The van der Waals surface area contributed by atoms with Crippen molar-refractivity contribution in [3.8, 4) is 0 Å². The zero-order chi connectivity index (χ0) is 15.5. The molecular formula is C17H20N2O2S. The van der Waals surface area contributed by atoms with Gasteiger partial charge < -0.3 is 15.4 Å². The van der Waals surface area contributed by atoms with Crippen LogP contribution >= 0.6 is 12.2 Å². The summed E-state index contributed by atoms with van der Waals surface area (Å²) in [6.07, 6.45) is 3.16. The number of benzene rings is 1. The van der Waals surface area contributed by atoms with E-state index in [-0.39, 0.29) is 5.97 Å². The second-order valence-electron chi connectivity index (χ2n) is 5.77. The van der Waals surface area contributed by atoms with E-state index in [1.807, 2.05) is 6.92 Å². The molecule has 4 nitrogen and oxygen atoms in total. The number of carbonyl (C=O) groups excluding carboxylic acids is 1. The zero-order valence-corrected chi connectivity index (χ0v) is 13.5. The van der Waals surface area contributed by atoms with Crippen LogP contribution in [0.5, 0.6) is 0 Å². The summed E-state index contributed by atoms with van der Waals surface area (Å²) in [5, 5.41) is 6.46. The molecule has 1 atom stereocenters. The maximum absolute atomic E-state index is 12.1. The van der Waals surface area contributed by atoms with Crippen LogP contribution in [-0.2, 0) is 16.0 Å². The predicted octanol–water partition coefficient (Wildman–Crippen LogP) is 2.40. The van der Waals surface area contributed by atoms with Gasteiger partial charge in [0.1, 0.15) is 0 Å². The Morgan fingerprint density at radius 1 is 1.41 bits per heavy atom. The van der Waals surface area contributed by atoms with E-state index in [1.54, 1.807) is 0 Å². The van der Waals surface area contributed by atoms with Gasteiger partial charge in [0.25, 0.3) is 0 Å². The first-order valence-corrected chi connectivity index (χ1v) is 8.05. The van der Waals surface area contributed by atoms with Crippen LogP contribution in [0.25, 0.3) is 0 Å². The smallest absolute Gasteiger partial charge is 0.337 e. The van der Waals surface area contributed by atoms with Gasteiger partial charge in [-0.1, -0.05) is 24.3 Å². The van der Waals surface area contributed by atoms with E-state index in [0.29, 0.717) is 29.8 Å². The Morgan fingerprint density at radius 3 is 3.05 bits per heavy atom. The molecule has 0 aromatic heterocycles. The normalized spacial score (nSPS) is 20.2. The summed E-state index contributed by atoms with van der Waals surface area (Å²) < 4.78 is 5.44. The molecule has 1 unspecified atom stereocenters. The van der Waals surface area contributed by atoms with Crippen molar-refractivity contribution in [2.45, 2.75) is 32.1 Å². The molecule has 2 N–H and O–H groups in total. The Bertz CT molecular complexity index is 639. The first-order valence-electron chi connectivity index (χ1n) is 7.64. The third-order valence-electron chi connectivity index (χ3n) is 4.38. The minimum absolute atomic E-state index is 0.258. The van der Waals surface area contributed by atoms with Gasteiger partial charge in [-0.15, -0.1) is 0 Å². The number of ether oxygens (including phenoxy) is 1. The lowest BCUT2D eigenvalue weighted by atomic mass is 9.98. The Balaban J connectivity index is 1.53. The van der Waals surface area contributed by atoms with Crippen LogP contribution < -0.4 is 10.6 Å². The van der Waals surface area contributed by atoms with Crippen molar-refractivity contribution in [2.75, 3.05) is 13.2 Å². The second kappa shape index (κ2) is 6.48. The summed E-state index contributed by atoms with van der Waals surface area (Å²) in [7, 11) is 0. The molecule has 0 saturated carbocycles. The van der Waals surface area contributed by atoms with E-state index in [2.05, 4.69) is 34.9 Å². The van der Waals surface area contributed by atoms with Crippen LogP contribution in [0.4, 0.5) is 0 Å². The summed E-state index contributed by atoms with van der Waals surface area (Å²) >= 11 is 5.01. The Labute approximate surface area is 135 Å². The Morgan fingerprint density at radius 2 is 2.23 bits per heavy atom. The lowest BCUT2D eigenvalue weighted by Gasteiger charge is -2.21. The SMILES string of the molecule is CC1=C(C(=O)OCCC2CCc3ccccc32)CNC(=S)N1. The van der Waals surface area contributed by atoms with Crippen molar-refractivity contribution >= 4 is 23.3 Å². The van der Waals surface area contributed by atoms with E-state index in [4.69, 9.17) is 17.0 Å². The van der Waals surface area contributed by atoms with Crippen molar-refractivity contribution in [2.24, 2.45) is 0 Å². The molecule has 3 rings (SSSR count). The van der Waals surface area contributed by atoms with Crippen LogP contribution in [0, 0.1) is 0 Å². The molecule has 5 heteroatoms. The van der Waals surface area contributed by atoms with Crippen molar-refractivity contribution in [3.05, 3.63) is 46.7 Å². The molecule has 1 aromatic rings. The largest absolute Gasteiger partial charge is 0.462 e. The molecule has 1 aromatic carbocycles. The number of rotatable bonds is 4. The van der Waals surface area contributed by atoms with E-state index in [0.717, 1.165) is 25.0 Å². The first-order chi connectivity index (χ1) is 10.6. The quantitative estimate of drug-likeness (QED) is 0.660. The maximum atomic E-state index is 12.1. The lowest BCUT2D eigenvalue weighted by Crippen LogP contribution is -2.42. The average Bonchev–Trinajstić information content (AvgIpc) is 2.90. The number of hydrogen-bond acceptors (Lipinski definition) is 3. The highest BCUT2D eigenvalue weighted by Crippen LogP contribution is 2.35. The van der Waals surface area contributed by atoms with Gasteiger partial charge in [0.05, 0.1) is 18.7 Å². The number of nitrogens with one attached hydrogen (secondary N) is 2. The molecule has 1 aliphatic heterocycles. The van der Waals surface area contributed by atoms with Crippen molar-refractivity contribution < 1.29 is 9.53 Å². The number of allylic oxidation sites excluding steroid dienone is 1. The van der Waals surface area contributed by atoms with Crippen LogP contribution in [0.15, 0.2) is 35.5 Å². The predicted molar refractivity (Wildman–Crippen MR) is 89.5 cm³/mol. The van der Waals surface area contributed by atoms with Gasteiger partial charge in [-0.05, 0) is 55.4 Å². The fourth-order valence-corrected chi connectivity index (χ4v) is 3.37. The van der Waals surface area contributed by atoms with E-state index < -0.39 is 0 Å². The minimum atomic E-state index is -0.258. The van der Waals surface area contributed by atoms with Crippen LogP contribution in [0.3, 0.4) is 0 Å². The molecule has 0 fully saturated rings. The number of fused-ring (bicyclic) bond motifs is 1. The number of hydrogen-bond donors (Lipinski definition) is 2. The highest BCUT2D eigenvalue weighted by molar-refractivity contribution is 7.80. The summed E-state index contributed by atoms with van der Waals surface area (Å²) in [5.41, 5.74) is 4.26. The molecule has 0 bridgehead atoms. The minimum Gasteiger partial charge on any atom is -0.462 e. The lowest BCUT2D eigenvalue weighted by molar-refractivity contribution is -0.139. The summed E-state index contributed by atoms with van der Waals surface area (Å²) in [6, 6.07) is 8.55. The van der Waals surface area contributed by atoms with Crippen LogP contribution in [0.2, 0.25) is 0 Å². The van der Waals surface area contributed by atoms with Crippen molar-refractivity contribution in [1.82, 2.24) is 10.6 Å². The van der Waals surface area contributed by atoms with Crippen LogP contribution in [-0.4, -0.2) is 24.2 Å². The molecule has 0 radical (unpaired) electrons. The van der Waals surface area contributed by atoms with Crippen molar-refractivity contribution in [3.63, 3.8) is 0 Å². The van der Waals surface area contributed by atoms with Gasteiger partial charge in [-0.3, -0.25) is 0 Å². The number of thiocarbonyl (C=S) groups is 1. The fraction of sp³-hybridized carbons (Fsp3) is 0.412. The fourth-order valence-electron chi connectivity index (χ4n) is 3.14. The van der Waals surface area contributed by atoms with Crippen molar-refractivity contribution in [1.29, 1.82) is 0 Å². The van der Waals surface area contributed by atoms with Gasteiger partial charge in [0.15, 0.2) is 5.11 Å². The number of aryl methyl sites for hydroxylation is 1. The zero-order valence-electron chi connectivity index (χ0n) is 12.6. The van der Waals surface area contributed by atoms with E-state index >= 15 is 0 Å².